The van der Waals surface area contributed by atoms with Crippen molar-refractivity contribution in [2.24, 2.45) is 11.3 Å². The summed E-state index contributed by atoms with van der Waals surface area (Å²) in [6.07, 6.45) is 4.61. The molecule has 4 heteroatoms. The molecule has 31 heavy (non-hydrogen) atoms. The summed E-state index contributed by atoms with van der Waals surface area (Å²) in [6.45, 7) is 7.10. The number of hydrogen-bond donors (Lipinski definition) is 1. The zero-order chi connectivity index (χ0) is 22.3. The van der Waals surface area contributed by atoms with Crippen LogP contribution in [0.2, 0.25) is 0 Å². The summed E-state index contributed by atoms with van der Waals surface area (Å²) in [7, 11) is 0. The SMILES string of the molecule is CC(C)(C)C(=O)N1CCCC(C(=O)NC(CCCc2ccccc2)c2ccccc2)C1. The molecule has 0 saturated carbocycles. The van der Waals surface area contributed by atoms with Crippen LogP contribution < -0.4 is 5.32 Å². The molecule has 1 aliphatic heterocycles. The number of nitrogens with one attached hydrogen (secondary N) is 1. The number of likely N-dealkylation sites (tertiary alicyclic amines) is 1. The zero-order valence-corrected chi connectivity index (χ0v) is 19.1. The maximum atomic E-state index is 13.2. The van der Waals surface area contributed by atoms with E-state index in [9.17, 15) is 9.59 Å². The second-order valence-corrected chi connectivity index (χ2v) is 9.69. The van der Waals surface area contributed by atoms with Crippen LogP contribution in [0.4, 0.5) is 0 Å². The van der Waals surface area contributed by atoms with Crippen LogP contribution in [0.1, 0.15) is 63.6 Å². The van der Waals surface area contributed by atoms with Gasteiger partial charge in [-0.25, -0.2) is 0 Å². The maximum absolute atomic E-state index is 13.2. The minimum atomic E-state index is -0.414. The fourth-order valence-corrected chi connectivity index (χ4v) is 4.30. The lowest BCUT2D eigenvalue weighted by atomic mass is 9.90. The van der Waals surface area contributed by atoms with E-state index >= 15 is 0 Å². The topological polar surface area (TPSA) is 49.4 Å². The number of aryl methyl sites for hydroxylation is 1. The van der Waals surface area contributed by atoms with Crippen molar-refractivity contribution in [3.63, 3.8) is 0 Å². The van der Waals surface area contributed by atoms with Crippen molar-refractivity contribution in [1.29, 1.82) is 0 Å². The number of piperidine rings is 1. The minimum Gasteiger partial charge on any atom is -0.349 e. The van der Waals surface area contributed by atoms with E-state index < -0.39 is 5.41 Å². The van der Waals surface area contributed by atoms with Gasteiger partial charge in [-0.2, -0.15) is 0 Å². The molecule has 3 rings (SSSR count). The quantitative estimate of drug-likeness (QED) is 0.673. The monoisotopic (exact) mass is 420 g/mol. The van der Waals surface area contributed by atoms with Gasteiger partial charge in [-0.3, -0.25) is 9.59 Å². The number of hydrogen-bond acceptors (Lipinski definition) is 2. The summed E-state index contributed by atoms with van der Waals surface area (Å²) < 4.78 is 0. The Kier molecular flexibility index (Phi) is 7.89. The predicted octanol–water partition coefficient (Wildman–Crippen LogP) is 5.15. The lowest BCUT2D eigenvalue weighted by Gasteiger charge is -2.36. The molecule has 1 N–H and O–H groups in total. The van der Waals surface area contributed by atoms with Crippen molar-refractivity contribution < 1.29 is 9.59 Å². The molecule has 0 radical (unpaired) electrons. The summed E-state index contributed by atoms with van der Waals surface area (Å²) in [5.41, 5.74) is 2.05. The van der Waals surface area contributed by atoms with E-state index in [-0.39, 0.29) is 23.8 Å². The van der Waals surface area contributed by atoms with Gasteiger partial charge in [0.25, 0.3) is 0 Å². The summed E-state index contributed by atoms with van der Waals surface area (Å²) in [5, 5.41) is 3.31. The molecular formula is C27H36N2O2. The van der Waals surface area contributed by atoms with Gasteiger partial charge in [0.1, 0.15) is 0 Å². The van der Waals surface area contributed by atoms with Crippen LogP contribution in [-0.4, -0.2) is 29.8 Å². The number of carbonyl (C=O) groups excluding carboxylic acids is 2. The smallest absolute Gasteiger partial charge is 0.227 e. The average Bonchev–Trinajstić information content (AvgIpc) is 2.78. The van der Waals surface area contributed by atoms with Gasteiger partial charge in [-0.1, -0.05) is 81.4 Å². The first kappa shape index (κ1) is 23.1. The molecule has 2 amide bonds. The largest absolute Gasteiger partial charge is 0.349 e. The standard InChI is InChI=1S/C27H36N2O2/c1-27(2,3)26(31)29-19-11-17-23(20-29)25(30)28-24(22-15-8-5-9-16-22)18-10-14-21-12-6-4-7-13-21/h4-9,12-13,15-16,23-24H,10-11,14,17-20H2,1-3H3,(H,28,30). The van der Waals surface area contributed by atoms with Crippen molar-refractivity contribution >= 4 is 11.8 Å². The van der Waals surface area contributed by atoms with Crippen LogP contribution in [0.3, 0.4) is 0 Å². The normalized spacial score (nSPS) is 17.8. The molecule has 1 saturated heterocycles. The molecule has 166 valence electrons. The molecule has 1 heterocycles. The third-order valence-corrected chi connectivity index (χ3v) is 6.04. The van der Waals surface area contributed by atoms with Crippen molar-refractivity contribution in [2.75, 3.05) is 13.1 Å². The van der Waals surface area contributed by atoms with Gasteiger partial charge in [-0.15, -0.1) is 0 Å². The average molecular weight is 421 g/mol. The van der Waals surface area contributed by atoms with Gasteiger partial charge >= 0.3 is 0 Å². The van der Waals surface area contributed by atoms with E-state index in [1.54, 1.807) is 0 Å². The Balaban J connectivity index is 1.63. The lowest BCUT2D eigenvalue weighted by Crippen LogP contribution is -2.49. The first-order valence-electron chi connectivity index (χ1n) is 11.5. The summed E-state index contributed by atoms with van der Waals surface area (Å²) in [6, 6.07) is 20.7. The number of amides is 2. The highest BCUT2D eigenvalue weighted by molar-refractivity contribution is 5.84. The van der Waals surface area contributed by atoms with Crippen LogP contribution in [0.25, 0.3) is 0 Å². The van der Waals surface area contributed by atoms with Crippen molar-refractivity contribution in [3.05, 3.63) is 71.8 Å². The fourth-order valence-electron chi connectivity index (χ4n) is 4.30. The van der Waals surface area contributed by atoms with E-state index in [4.69, 9.17) is 0 Å². The first-order valence-corrected chi connectivity index (χ1v) is 11.5. The van der Waals surface area contributed by atoms with Gasteiger partial charge in [-0.05, 0) is 43.2 Å². The molecule has 0 spiro atoms. The predicted molar refractivity (Wildman–Crippen MR) is 125 cm³/mol. The van der Waals surface area contributed by atoms with Crippen LogP contribution in [0.15, 0.2) is 60.7 Å². The molecule has 2 aromatic carbocycles. The highest BCUT2D eigenvalue weighted by Gasteiger charge is 2.34. The number of nitrogens with zero attached hydrogens (tertiary/aromatic N) is 1. The Morgan fingerprint density at radius 2 is 1.68 bits per heavy atom. The van der Waals surface area contributed by atoms with E-state index in [0.717, 1.165) is 44.2 Å². The molecule has 4 nitrogen and oxygen atoms in total. The van der Waals surface area contributed by atoms with Gasteiger partial charge < -0.3 is 10.2 Å². The minimum absolute atomic E-state index is 0.00823. The molecular weight excluding hydrogens is 384 g/mol. The van der Waals surface area contributed by atoms with Crippen molar-refractivity contribution in [1.82, 2.24) is 10.2 Å². The molecule has 2 unspecified atom stereocenters. The Morgan fingerprint density at radius 3 is 2.32 bits per heavy atom. The van der Waals surface area contributed by atoms with E-state index in [1.807, 2.05) is 49.9 Å². The van der Waals surface area contributed by atoms with Gasteiger partial charge in [0.15, 0.2) is 0 Å². The van der Waals surface area contributed by atoms with Crippen LogP contribution in [-0.2, 0) is 16.0 Å². The van der Waals surface area contributed by atoms with E-state index in [0.29, 0.717) is 6.54 Å². The summed E-state index contributed by atoms with van der Waals surface area (Å²) in [4.78, 5) is 27.8. The summed E-state index contributed by atoms with van der Waals surface area (Å²) >= 11 is 0. The fraction of sp³-hybridized carbons (Fsp3) is 0.481. The second kappa shape index (κ2) is 10.6. The second-order valence-electron chi connectivity index (χ2n) is 9.69. The highest BCUT2D eigenvalue weighted by atomic mass is 16.2. The Labute approximate surface area is 187 Å². The maximum Gasteiger partial charge on any atom is 0.227 e. The zero-order valence-electron chi connectivity index (χ0n) is 19.1. The molecule has 0 aliphatic carbocycles. The number of carbonyl (C=O) groups is 2. The molecule has 1 aliphatic rings. The third kappa shape index (κ3) is 6.68. The Hall–Kier alpha value is -2.62. The van der Waals surface area contributed by atoms with Crippen molar-refractivity contribution in [2.45, 2.75) is 58.9 Å². The van der Waals surface area contributed by atoms with Crippen LogP contribution in [0, 0.1) is 11.3 Å². The molecule has 0 aromatic heterocycles. The summed E-state index contributed by atoms with van der Waals surface area (Å²) in [5.74, 6) is 0.0628. The number of benzene rings is 2. The lowest BCUT2D eigenvalue weighted by molar-refractivity contribution is -0.142. The van der Waals surface area contributed by atoms with Crippen molar-refractivity contribution in [3.8, 4) is 0 Å². The highest BCUT2D eigenvalue weighted by Crippen LogP contribution is 2.25. The third-order valence-electron chi connectivity index (χ3n) is 6.04. The molecule has 2 atom stereocenters. The van der Waals surface area contributed by atoms with Gasteiger partial charge in [0, 0.05) is 18.5 Å². The van der Waals surface area contributed by atoms with Crippen LogP contribution in [0.5, 0.6) is 0 Å². The van der Waals surface area contributed by atoms with E-state index in [2.05, 4.69) is 41.7 Å². The molecule has 0 bridgehead atoms. The molecule has 2 aromatic rings. The molecule has 1 fully saturated rings. The van der Waals surface area contributed by atoms with E-state index in [1.165, 1.54) is 5.56 Å². The first-order chi connectivity index (χ1) is 14.8. The van der Waals surface area contributed by atoms with Gasteiger partial charge in [0.2, 0.25) is 11.8 Å². The van der Waals surface area contributed by atoms with Gasteiger partial charge in [0.05, 0.1) is 12.0 Å². The number of rotatable bonds is 7. The Morgan fingerprint density at radius 1 is 1.03 bits per heavy atom. The Bertz CT molecular complexity index is 843. The van der Waals surface area contributed by atoms with Crippen LogP contribution >= 0.6 is 0 Å².